The summed E-state index contributed by atoms with van der Waals surface area (Å²) in [5, 5.41) is 21.8. The Morgan fingerprint density at radius 1 is 1.20 bits per heavy atom. The average Bonchev–Trinajstić information content (AvgIpc) is 2.35. The number of nitrogens with zero attached hydrogens (tertiary/aromatic N) is 1. The molecule has 0 radical (unpaired) electrons. The van der Waals surface area contributed by atoms with Crippen LogP contribution in [0.2, 0.25) is 18.8 Å². The SMILES string of the molecule is CCC(=O)NN(CC(O)CC)CC(O)[CH](C)[Sn]([CH3])([CH3])[CH3]. The van der Waals surface area contributed by atoms with Gasteiger partial charge in [-0.3, -0.25) is 0 Å². The first kappa shape index (κ1) is 20.1. The Bertz CT molecular complexity index is 295. The minimum atomic E-state index is -2.17. The number of hydrazine groups is 1. The summed E-state index contributed by atoms with van der Waals surface area (Å²) in [6.45, 7) is 6.50. The van der Waals surface area contributed by atoms with Crippen LogP contribution < -0.4 is 5.43 Å². The van der Waals surface area contributed by atoms with Crippen LogP contribution in [0.15, 0.2) is 0 Å². The van der Waals surface area contributed by atoms with Crippen molar-refractivity contribution in [2.45, 2.75) is 64.6 Å². The number of hydrogen-bond donors (Lipinski definition) is 3. The molecule has 0 saturated heterocycles. The molecule has 0 bridgehead atoms. The van der Waals surface area contributed by atoms with Crippen molar-refractivity contribution in [1.82, 2.24) is 10.4 Å². The third-order valence-electron chi connectivity index (χ3n) is 3.86. The van der Waals surface area contributed by atoms with Gasteiger partial charge in [0, 0.05) is 0 Å². The van der Waals surface area contributed by atoms with E-state index >= 15 is 0 Å². The van der Waals surface area contributed by atoms with Crippen LogP contribution in [0.1, 0.15) is 33.6 Å². The van der Waals surface area contributed by atoms with Crippen molar-refractivity contribution in [3.8, 4) is 0 Å². The normalized spacial score (nSPS) is 16.9. The van der Waals surface area contributed by atoms with Gasteiger partial charge in [-0.15, -0.1) is 0 Å². The number of carbonyl (C=O) groups excluding carboxylic acids is 1. The number of aliphatic hydroxyl groups is 2. The Hall–Kier alpha value is 0.149. The quantitative estimate of drug-likeness (QED) is 0.410. The van der Waals surface area contributed by atoms with E-state index in [-0.39, 0.29) is 5.91 Å². The first-order valence-electron chi connectivity index (χ1n) is 7.52. The van der Waals surface area contributed by atoms with Crippen LogP contribution in [0.5, 0.6) is 0 Å². The summed E-state index contributed by atoms with van der Waals surface area (Å²) in [5.41, 5.74) is 2.77. The van der Waals surface area contributed by atoms with Crippen molar-refractivity contribution >= 4 is 24.3 Å². The van der Waals surface area contributed by atoms with E-state index in [2.05, 4.69) is 27.2 Å². The van der Waals surface area contributed by atoms with Crippen LogP contribution in [-0.4, -0.2) is 64.8 Å². The van der Waals surface area contributed by atoms with E-state index in [1.807, 2.05) is 6.92 Å². The molecule has 3 N–H and O–H groups in total. The van der Waals surface area contributed by atoms with Gasteiger partial charge >= 0.3 is 127 Å². The summed E-state index contributed by atoms with van der Waals surface area (Å²) in [6.07, 6.45) is 0.0609. The first-order valence-corrected chi connectivity index (χ1v) is 17.7. The summed E-state index contributed by atoms with van der Waals surface area (Å²) in [5.74, 6) is -0.0903. The second-order valence-corrected chi connectivity index (χ2v) is 22.7. The third kappa shape index (κ3) is 7.81. The summed E-state index contributed by atoms with van der Waals surface area (Å²) < 4.78 is 0.295. The predicted molar refractivity (Wildman–Crippen MR) is 85.1 cm³/mol. The average molecular weight is 395 g/mol. The van der Waals surface area contributed by atoms with Crippen LogP contribution in [0.25, 0.3) is 0 Å². The molecule has 0 heterocycles. The standard InChI is InChI=1S/C11H23N2O3.3CH3.Sn/c1-4-9(14)7-13(8-10(15)5-2)12-11(16)6-3;;;;/h4,9-10,14-15H,5-8H2,1-3H3,(H,12,16);3*1H3;. The molecule has 0 aromatic heterocycles. The van der Waals surface area contributed by atoms with Gasteiger partial charge < -0.3 is 0 Å². The number of rotatable bonds is 9. The molecule has 0 aliphatic heterocycles. The molecule has 0 rings (SSSR count). The van der Waals surface area contributed by atoms with E-state index in [0.717, 1.165) is 0 Å². The topological polar surface area (TPSA) is 72.8 Å². The molecule has 120 valence electrons. The molecule has 0 spiro atoms. The van der Waals surface area contributed by atoms with Gasteiger partial charge in [-0.25, -0.2) is 0 Å². The maximum atomic E-state index is 11.5. The maximum absolute atomic E-state index is 11.5. The van der Waals surface area contributed by atoms with Crippen LogP contribution >= 0.6 is 0 Å². The van der Waals surface area contributed by atoms with Crippen LogP contribution in [0.4, 0.5) is 0 Å². The van der Waals surface area contributed by atoms with E-state index in [1.54, 1.807) is 11.9 Å². The van der Waals surface area contributed by atoms with Gasteiger partial charge in [0.1, 0.15) is 0 Å². The van der Waals surface area contributed by atoms with Gasteiger partial charge in [0.2, 0.25) is 0 Å². The fourth-order valence-corrected chi connectivity index (χ4v) is 5.36. The first-order chi connectivity index (χ1) is 9.11. The van der Waals surface area contributed by atoms with Gasteiger partial charge in [0.25, 0.3) is 0 Å². The Morgan fingerprint density at radius 3 is 2.15 bits per heavy atom. The van der Waals surface area contributed by atoms with E-state index in [0.29, 0.717) is 29.9 Å². The molecule has 0 fully saturated rings. The summed E-state index contributed by atoms with van der Waals surface area (Å²) in [7, 11) is 0. The van der Waals surface area contributed by atoms with E-state index in [9.17, 15) is 15.0 Å². The third-order valence-corrected chi connectivity index (χ3v) is 12.8. The number of carbonyl (C=O) groups is 1. The predicted octanol–water partition coefficient (Wildman–Crippen LogP) is 1.59. The molecule has 3 unspecified atom stereocenters. The second kappa shape index (κ2) is 9.22. The van der Waals surface area contributed by atoms with Crippen LogP contribution in [0, 0.1) is 0 Å². The number of aliphatic hydroxyl groups excluding tert-OH is 2. The fraction of sp³-hybridized carbons (Fsp3) is 0.929. The van der Waals surface area contributed by atoms with E-state index in [1.165, 1.54) is 0 Å². The van der Waals surface area contributed by atoms with Gasteiger partial charge in [0.15, 0.2) is 0 Å². The number of amides is 1. The fourth-order valence-electron chi connectivity index (χ4n) is 1.77. The molecule has 3 atom stereocenters. The zero-order valence-electron chi connectivity index (χ0n) is 13.8. The van der Waals surface area contributed by atoms with Crippen molar-refractivity contribution in [1.29, 1.82) is 0 Å². The molecule has 1 amide bonds. The van der Waals surface area contributed by atoms with Crippen molar-refractivity contribution in [2.75, 3.05) is 13.1 Å². The van der Waals surface area contributed by atoms with Crippen LogP contribution in [0.3, 0.4) is 0 Å². The van der Waals surface area contributed by atoms with Crippen molar-refractivity contribution in [3.05, 3.63) is 0 Å². The van der Waals surface area contributed by atoms with Gasteiger partial charge in [-0.2, -0.15) is 0 Å². The van der Waals surface area contributed by atoms with Gasteiger partial charge in [0.05, 0.1) is 0 Å². The summed E-state index contributed by atoms with van der Waals surface area (Å²) in [6, 6.07) is 0. The molecular weight excluding hydrogens is 363 g/mol. The van der Waals surface area contributed by atoms with Crippen molar-refractivity contribution in [3.63, 3.8) is 0 Å². The molecule has 0 aliphatic rings. The molecule has 6 heteroatoms. The minimum absolute atomic E-state index is 0.0903. The van der Waals surface area contributed by atoms with Crippen molar-refractivity contribution in [2.24, 2.45) is 0 Å². The second-order valence-electron chi connectivity index (χ2n) is 6.58. The Labute approximate surface area is 127 Å². The Balaban J connectivity index is 4.65. The number of nitrogens with one attached hydrogen (secondary N) is 1. The molecule has 0 saturated carbocycles. The van der Waals surface area contributed by atoms with E-state index in [4.69, 9.17) is 0 Å². The Kier molecular flexibility index (Phi) is 9.29. The molecule has 5 nitrogen and oxygen atoms in total. The van der Waals surface area contributed by atoms with Crippen LogP contribution in [-0.2, 0) is 4.79 Å². The Morgan fingerprint density at radius 2 is 1.75 bits per heavy atom. The zero-order valence-corrected chi connectivity index (χ0v) is 16.7. The molecule has 20 heavy (non-hydrogen) atoms. The monoisotopic (exact) mass is 396 g/mol. The molecule has 0 aliphatic carbocycles. The number of hydrogen-bond acceptors (Lipinski definition) is 4. The molecule has 0 aromatic rings. The zero-order chi connectivity index (χ0) is 15.9. The van der Waals surface area contributed by atoms with E-state index < -0.39 is 30.6 Å². The summed E-state index contributed by atoms with van der Waals surface area (Å²) >= 11 is -2.17. The van der Waals surface area contributed by atoms with Gasteiger partial charge in [-0.1, -0.05) is 0 Å². The van der Waals surface area contributed by atoms with Gasteiger partial charge in [-0.05, 0) is 0 Å². The molecule has 0 aromatic carbocycles. The van der Waals surface area contributed by atoms with Crippen molar-refractivity contribution < 1.29 is 15.0 Å². The molecular formula is C14H32N2O3Sn. The summed E-state index contributed by atoms with van der Waals surface area (Å²) in [4.78, 5) is 18.4.